The van der Waals surface area contributed by atoms with Crippen molar-refractivity contribution in [3.8, 4) is 0 Å². The zero-order valence-corrected chi connectivity index (χ0v) is 15.7. The van der Waals surface area contributed by atoms with E-state index in [1.807, 2.05) is 4.90 Å². The summed E-state index contributed by atoms with van der Waals surface area (Å²) in [6.07, 6.45) is 8.01. The molecule has 0 saturated carbocycles. The van der Waals surface area contributed by atoms with E-state index in [0.29, 0.717) is 30.8 Å². The van der Waals surface area contributed by atoms with Crippen molar-refractivity contribution in [2.24, 2.45) is 11.8 Å². The Hall–Kier alpha value is -2.04. The second kappa shape index (κ2) is 5.73. The van der Waals surface area contributed by atoms with Crippen molar-refractivity contribution in [3.05, 3.63) is 30.2 Å². The topological polar surface area (TPSA) is 106 Å². The van der Waals surface area contributed by atoms with Crippen molar-refractivity contribution in [1.29, 1.82) is 0 Å². The van der Waals surface area contributed by atoms with Crippen LogP contribution < -0.4 is 4.72 Å². The molecule has 10 heteroatoms. The van der Waals surface area contributed by atoms with E-state index in [1.165, 1.54) is 6.26 Å². The van der Waals surface area contributed by atoms with E-state index in [-0.39, 0.29) is 29.4 Å². The average molecular weight is 391 g/mol. The van der Waals surface area contributed by atoms with Gasteiger partial charge in [-0.1, -0.05) is 0 Å². The number of amides is 1. The van der Waals surface area contributed by atoms with Gasteiger partial charge in [-0.25, -0.2) is 22.6 Å². The number of rotatable bonds is 4. The van der Waals surface area contributed by atoms with Crippen molar-refractivity contribution in [2.45, 2.75) is 24.5 Å². The largest absolute Gasteiger partial charge is 0.369 e. The molecule has 5 rings (SSSR count). The molecule has 9 nitrogen and oxygen atoms in total. The van der Waals surface area contributed by atoms with Crippen molar-refractivity contribution in [3.63, 3.8) is 0 Å². The minimum absolute atomic E-state index is 0.0696. The van der Waals surface area contributed by atoms with Crippen LogP contribution in [-0.2, 0) is 14.8 Å². The van der Waals surface area contributed by atoms with Crippen LogP contribution in [0.2, 0.25) is 0 Å². The first-order valence-electron chi connectivity index (χ1n) is 9.06. The lowest BCUT2D eigenvalue weighted by Crippen LogP contribution is -2.41. The number of ether oxygens (including phenoxy) is 1. The Morgan fingerprint density at radius 2 is 2.33 bits per heavy atom. The number of sulfonamides is 1. The fourth-order valence-electron chi connectivity index (χ4n) is 5.01. The maximum atomic E-state index is 13.1. The van der Waals surface area contributed by atoms with Crippen LogP contribution in [0, 0.1) is 11.8 Å². The van der Waals surface area contributed by atoms with Crippen LogP contribution in [-0.4, -0.2) is 71.4 Å². The summed E-state index contributed by atoms with van der Waals surface area (Å²) >= 11 is 0. The molecule has 3 aliphatic heterocycles. The van der Waals surface area contributed by atoms with Gasteiger partial charge in [0.1, 0.15) is 5.56 Å². The highest BCUT2D eigenvalue weighted by molar-refractivity contribution is 7.88. The van der Waals surface area contributed by atoms with Crippen molar-refractivity contribution < 1.29 is 17.9 Å². The van der Waals surface area contributed by atoms with Crippen LogP contribution >= 0.6 is 0 Å². The van der Waals surface area contributed by atoms with Gasteiger partial charge in [-0.15, -0.1) is 0 Å². The maximum Gasteiger partial charge on any atom is 0.259 e. The van der Waals surface area contributed by atoms with Crippen molar-refractivity contribution in [1.82, 2.24) is 24.2 Å². The number of fused-ring (bicyclic) bond motifs is 2. The second-order valence-electron chi connectivity index (χ2n) is 7.78. The van der Waals surface area contributed by atoms with E-state index in [1.54, 1.807) is 29.2 Å². The molecule has 2 aromatic rings. The first-order chi connectivity index (χ1) is 12.9. The molecule has 0 aliphatic carbocycles. The minimum Gasteiger partial charge on any atom is -0.369 e. The molecular weight excluding hydrogens is 370 g/mol. The van der Waals surface area contributed by atoms with Crippen molar-refractivity contribution in [2.75, 3.05) is 25.9 Å². The molecule has 1 spiro atoms. The molecule has 27 heavy (non-hydrogen) atoms. The molecule has 144 valence electrons. The molecule has 2 aromatic heterocycles. The van der Waals surface area contributed by atoms with Gasteiger partial charge in [0.25, 0.3) is 5.91 Å². The third-order valence-corrected chi connectivity index (χ3v) is 6.85. The van der Waals surface area contributed by atoms with Crippen LogP contribution in [0.15, 0.2) is 24.7 Å². The Bertz CT molecular complexity index is 1020. The molecule has 0 radical (unpaired) electrons. The number of carbonyl (C=O) groups excluding carboxylic acids is 1. The van der Waals surface area contributed by atoms with Crippen LogP contribution in [0.3, 0.4) is 0 Å². The smallest absolute Gasteiger partial charge is 0.259 e. The summed E-state index contributed by atoms with van der Waals surface area (Å²) in [5.41, 5.74) is 0.672. The summed E-state index contributed by atoms with van der Waals surface area (Å²) in [6.45, 7) is 1.46. The van der Waals surface area contributed by atoms with Crippen LogP contribution in [0.25, 0.3) is 5.65 Å². The fraction of sp³-hybridized carbons (Fsp3) is 0.588. The number of nitrogens with zero attached hydrogens (tertiary/aromatic N) is 4. The Morgan fingerprint density at radius 1 is 1.48 bits per heavy atom. The molecule has 3 saturated heterocycles. The van der Waals surface area contributed by atoms with E-state index in [2.05, 4.69) is 14.8 Å². The summed E-state index contributed by atoms with van der Waals surface area (Å²) in [6, 6.07) is 1.76. The number of nitrogens with one attached hydrogen (secondary N) is 1. The van der Waals surface area contributed by atoms with Gasteiger partial charge in [0.15, 0.2) is 5.65 Å². The predicted molar refractivity (Wildman–Crippen MR) is 95.6 cm³/mol. The average Bonchev–Trinajstić information content (AvgIpc) is 3.36. The predicted octanol–water partition coefficient (Wildman–Crippen LogP) is -0.102. The van der Waals surface area contributed by atoms with Crippen LogP contribution in [0.4, 0.5) is 0 Å². The number of hydrogen-bond acceptors (Lipinski definition) is 6. The van der Waals surface area contributed by atoms with Crippen LogP contribution in [0.5, 0.6) is 0 Å². The molecule has 1 N–H and O–H groups in total. The lowest BCUT2D eigenvalue weighted by molar-refractivity contribution is 0.00326. The van der Waals surface area contributed by atoms with Gasteiger partial charge < -0.3 is 9.64 Å². The molecule has 4 atom stereocenters. The minimum atomic E-state index is -3.25. The molecule has 3 aliphatic rings. The number of aromatic nitrogens is 3. The monoisotopic (exact) mass is 391 g/mol. The van der Waals surface area contributed by atoms with Gasteiger partial charge in [-0.05, 0) is 18.9 Å². The molecule has 0 aromatic carbocycles. The normalized spacial score (nSPS) is 32.3. The van der Waals surface area contributed by atoms with Gasteiger partial charge >= 0.3 is 0 Å². The molecule has 1 amide bonds. The van der Waals surface area contributed by atoms with E-state index in [4.69, 9.17) is 4.74 Å². The van der Waals surface area contributed by atoms with E-state index < -0.39 is 10.0 Å². The Kier molecular flexibility index (Phi) is 3.62. The third kappa shape index (κ3) is 2.66. The quantitative estimate of drug-likeness (QED) is 0.780. The number of hydrogen-bond donors (Lipinski definition) is 1. The number of likely N-dealkylation sites (tertiary alicyclic amines) is 1. The summed E-state index contributed by atoms with van der Waals surface area (Å²) < 4.78 is 33.5. The highest BCUT2D eigenvalue weighted by Gasteiger charge is 2.63. The van der Waals surface area contributed by atoms with Gasteiger partial charge in [-0.2, -0.15) is 5.10 Å². The molecule has 0 unspecified atom stereocenters. The van der Waals surface area contributed by atoms with Gasteiger partial charge in [0.2, 0.25) is 10.0 Å². The van der Waals surface area contributed by atoms with Crippen LogP contribution in [0.1, 0.15) is 23.2 Å². The SMILES string of the molecule is CS(=O)(=O)NC[C@H]1[C@H]2CN(C(=O)c3cnn4cccnc34)C[C@]23CC[C@H]1O3. The molecular formula is C17H21N5O4S. The van der Waals surface area contributed by atoms with Crippen molar-refractivity contribution >= 4 is 21.6 Å². The highest BCUT2D eigenvalue weighted by Crippen LogP contribution is 2.54. The van der Waals surface area contributed by atoms with E-state index >= 15 is 0 Å². The summed E-state index contributed by atoms with van der Waals surface area (Å²) in [5, 5.41) is 4.20. The van der Waals surface area contributed by atoms with E-state index in [9.17, 15) is 13.2 Å². The first kappa shape index (κ1) is 17.1. The highest BCUT2D eigenvalue weighted by atomic mass is 32.2. The standard InChI is InChI=1S/C17H21N5O4S/c1-27(24,25)20-8-11-13-9-21(10-17(13)4-3-14(11)26-17)16(23)12-7-19-22-6-2-5-18-15(12)22/h2,5-7,11,13-14,20H,3-4,8-10H2,1H3/t11-,13+,14+,17+/m0/s1. The zero-order valence-electron chi connectivity index (χ0n) is 14.9. The lowest BCUT2D eigenvalue weighted by Gasteiger charge is -2.29. The van der Waals surface area contributed by atoms with Gasteiger partial charge in [0.05, 0.1) is 30.7 Å². The molecule has 3 fully saturated rings. The Morgan fingerprint density at radius 3 is 3.15 bits per heavy atom. The summed E-state index contributed by atoms with van der Waals surface area (Å²) in [5.74, 6) is 0.131. The second-order valence-corrected chi connectivity index (χ2v) is 9.62. The summed E-state index contributed by atoms with van der Waals surface area (Å²) in [7, 11) is -3.25. The Labute approximate surface area is 156 Å². The van der Waals surface area contributed by atoms with E-state index in [0.717, 1.165) is 12.8 Å². The fourth-order valence-corrected chi connectivity index (χ4v) is 5.51. The Balaban J connectivity index is 1.39. The number of carbonyl (C=O) groups is 1. The van der Waals surface area contributed by atoms with Gasteiger partial charge in [-0.3, -0.25) is 4.79 Å². The maximum absolute atomic E-state index is 13.1. The third-order valence-electron chi connectivity index (χ3n) is 6.16. The first-order valence-corrected chi connectivity index (χ1v) is 11.0. The zero-order chi connectivity index (χ0) is 18.8. The van der Waals surface area contributed by atoms with Gasteiger partial charge in [0, 0.05) is 37.3 Å². The molecule has 5 heterocycles. The molecule has 2 bridgehead atoms. The lowest BCUT2D eigenvalue weighted by atomic mass is 9.74. The summed E-state index contributed by atoms with van der Waals surface area (Å²) in [4.78, 5) is 19.2.